The van der Waals surface area contributed by atoms with Gasteiger partial charge in [-0.2, -0.15) is 13.2 Å². The zero-order valence-electron chi connectivity index (χ0n) is 14.1. The van der Waals surface area contributed by atoms with Crippen LogP contribution in [0.1, 0.15) is 11.1 Å². The molecule has 5 nitrogen and oxygen atoms in total. The third-order valence-electron chi connectivity index (χ3n) is 4.13. The number of nitrogens with one attached hydrogen (secondary N) is 1. The molecule has 142 valence electrons. The molecule has 0 bridgehead atoms. The molecule has 3 aromatic rings. The summed E-state index contributed by atoms with van der Waals surface area (Å²) in [5.74, 6) is 0. The van der Waals surface area contributed by atoms with Gasteiger partial charge in [-0.1, -0.05) is 18.2 Å². The predicted molar refractivity (Wildman–Crippen MR) is 96.8 cm³/mol. The fourth-order valence-corrected chi connectivity index (χ4v) is 3.23. The van der Waals surface area contributed by atoms with Crippen LogP contribution in [-0.4, -0.2) is 13.0 Å². The van der Waals surface area contributed by atoms with E-state index in [0.717, 1.165) is 12.1 Å². The van der Waals surface area contributed by atoms with Crippen molar-refractivity contribution < 1.29 is 21.6 Å². The molecule has 27 heavy (non-hydrogen) atoms. The molecule has 1 N–H and O–H groups in total. The van der Waals surface area contributed by atoms with Gasteiger partial charge < -0.3 is 4.57 Å². The number of nitrogens with zero attached hydrogens (tertiary/aromatic N) is 1. The minimum atomic E-state index is -4.60. The number of benzene rings is 2. The zero-order valence-corrected chi connectivity index (χ0v) is 15.0. The molecule has 3 rings (SSSR count). The quantitative estimate of drug-likeness (QED) is 0.667. The van der Waals surface area contributed by atoms with Crippen molar-refractivity contribution in [1.29, 1.82) is 0 Å². The molecule has 9 heteroatoms. The SMILES string of the molecule is Cn1cc(-c2cc(CN[SH](=O)=O)cc(C(F)(F)F)c2)c2ccccc2c1=O. The first-order valence-electron chi connectivity index (χ1n) is 7.84. The second-order valence-electron chi connectivity index (χ2n) is 6.01. The first-order valence-corrected chi connectivity index (χ1v) is 9.02. The minimum absolute atomic E-state index is 0.164. The molecule has 0 aliphatic rings. The van der Waals surface area contributed by atoms with Crippen molar-refractivity contribution in [2.45, 2.75) is 12.7 Å². The Labute approximate surface area is 154 Å². The van der Waals surface area contributed by atoms with Crippen LogP contribution < -0.4 is 10.3 Å². The van der Waals surface area contributed by atoms with Crippen LogP contribution in [0.4, 0.5) is 13.2 Å². The molecule has 0 amide bonds. The van der Waals surface area contributed by atoms with Crippen molar-refractivity contribution in [2.75, 3.05) is 0 Å². The number of fused-ring (bicyclic) bond motifs is 1. The Morgan fingerprint density at radius 2 is 1.74 bits per heavy atom. The summed E-state index contributed by atoms with van der Waals surface area (Å²) in [4.78, 5) is 12.3. The summed E-state index contributed by atoms with van der Waals surface area (Å²) in [6.07, 6.45) is -3.12. The van der Waals surface area contributed by atoms with Gasteiger partial charge in [0.1, 0.15) is 0 Å². The molecule has 1 heterocycles. The Bertz CT molecular complexity index is 1140. The molecule has 0 fully saturated rings. The Kier molecular flexibility index (Phi) is 5.07. The average Bonchev–Trinajstić information content (AvgIpc) is 2.62. The summed E-state index contributed by atoms with van der Waals surface area (Å²) >= 11 is 0. The van der Waals surface area contributed by atoms with E-state index in [9.17, 15) is 26.4 Å². The fraction of sp³-hybridized carbons (Fsp3) is 0.167. The Morgan fingerprint density at radius 3 is 2.37 bits per heavy atom. The number of hydrogen-bond donors (Lipinski definition) is 2. The van der Waals surface area contributed by atoms with Gasteiger partial charge in [0.15, 0.2) is 0 Å². The largest absolute Gasteiger partial charge is 0.416 e. The first-order chi connectivity index (χ1) is 12.7. The van der Waals surface area contributed by atoms with Crippen molar-refractivity contribution in [3.05, 3.63) is 70.1 Å². The van der Waals surface area contributed by atoms with Crippen LogP contribution in [0.15, 0.2) is 53.5 Å². The highest BCUT2D eigenvalue weighted by Crippen LogP contribution is 2.35. The van der Waals surface area contributed by atoms with E-state index in [1.54, 1.807) is 24.3 Å². The molecule has 0 aliphatic heterocycles. The molecule has 0 saturated carbocycles. The summed E-state index contributed by atoms with van der Waals surface area (Å²) < 4.78 is 64.9. The second kappa shape index (κ2) is 7.16. The van der Waals surface area contributed by atoms with E-state index in [1.165, 1.54) is 23.9 Å². The van der Waals surface area contributed by atoms with Crippen LogP contribution in [0, 0.1) is 0 Å². The molecule has 2 aromatic carbocycles. The van der Waals surface area contributed by atoms with Gasteiger partial charge in [0.05, 0.1) is 5.56 Å². The minimum Gasteiger partial charge on any atom is -0.317 e. The van der Waals surface area contributed by atoms with Gasteiger partial charge in [0, 0.05) is 30.7 Å². The van der Waals surface area contributed by atoms with Gasteiger partial charge in [0.25, 0.3) is 5.56 Å². The Morgan fingerprint density at radius 1 is 1.07 bits per heavy atom. The highest BCUT2D eigenvalue weighted by Gasteiger charge is 2.31. The number of hydrogen-bond acceptors (Lipinski definition) is 3. The molecular weight excluding hydrogens is 381 g/mol. The van der Waals surface area contributed by atoms with E-state index < -0.39 is 22.6 Å². The smallest absolute Gasteiger partial charge is 0.317 e. The van der Waals surface area contributed by atoms with Crippen molar-refractivity contribution in [1.82, 2.24) is 9.29 Å². The lowest BCUT2D eigenvalue weighted by Crippen LogP contribution is -2.17. The normalized spacial score (nSPS) is 12.0. The molecule has 0 spiro atoms. The van der Waals surface area contributed by atoms with Gasteiger partial charge in [-0.15, -0.1) is 0 Å². The number of halogens is 3. The van der Waals surface area contributed by atoms with E-state index in [-0.39, 0.29) is 23.2 Å². The standard InChI is InChI=1S/C18H15F3N2O3S/c1-23-10-16(14-4-2-3-5-15(14)17(23)24)12-6-11(9-22-27(25)26)7-13(8-12)18(19,20)21/h2-8,10,27H,9H2,1H3,(H,22,25,26). The molecule has 0 aliphatic carbocycles. The number of thiol groups is 1. The van der Waals surface area contributed by atoms with Crippen molar-refractivity contribution in [2.24, 2.45) is 7.05 Å². The highest BCUT2D eigenvalue weighted by molar-refractivity contribution is 7.70. The van der Waals surface area contributed by atoms with Crippen LogP contribution >= 0.6 is 0 Å². The van der Waals surface area contributed by atoms with E-state index in [0.29, 0.717) is 16.3 Å². The van der Waals surface area contributed by atoms with Crippen LogP contribution in [0.2, 0.25) is 0 Å². The van der Waals surface area contributed by atoms with Crippen LogP contribution in [0.5, 0.6) is 0 Å². The van der Waals surface area contributed by atoms with Crippen LogP contribution in [0.3, 0.4) is 0 Å². The van der Waals surface area contributed by atoms with Crippen molar-refractivity contribution in [3.8, 4) is 11.1 Å². The van der Waals surface area contributed by atoms with Crippen LogP contribution in [0.25, 0.3) is 21.9 Å². The number of alkyl halides is 3. The Hall–Kier alpha value is -2.65. The zero-order chi connectivity index (χ0) is 19.8. The summed E-state index contributed by atoms with van der Waals surface area (Å²) in [7, 11) is -1.42. The first kappa shape index (κ1) is 19.1. The number of aromatic nitrogens is 1. The van der Waals surface area contributed by atoms with Gasteiger partial charge in [0.2, 0.25) is 10.9 Å². The lowest BCUT2D eigenvalue weighted by molar-refractivity contribution is -0.137. The number of aryl methyl sites for hydroxylation is 1. The maximum atomic E-state index is 13.3. The van der Waals surface area contributed by atoms with E-state index >= 15 is 0 Å². The van der Waals surface area contributed by atoms with Gasteiger partial charge in [-0.25, -0.2) is 13.1 Å². The van der Waals surface area contributed by atoms with E-state index in [2.05, 4.69) is 4.72 Å². The number of pyridine rings is 1. The summed E-state index contributed by atoms with van der Waals surface area (Å²) in [5.41, 5.74) is -0.291. The summed E-state index contributed by atoms with van der Waals surface area (Å²) in [6.45, 7) is -0.265. The monoisotopic (exact) mass is 396 g/mol. The van der Waals surface area contributed by atoms with Gasteiger partial charge in [-0.05, 0) is 40.8 Å². The molecule has 0 atom stereocenters. The maximum absolute atomic E-state index is 13.3. The maximum Gasteiger partial charge on any atom is 0.416 e. The summed E-state index contributed by atoms with van der Waals surface area (Å²) in [6, 6.07) is 10.0. The lowest BCUT2D eigenvalue weighted by Gasteiger charge is -2.14. The lowest BCUT2D eigenvalue weighted by atomic mass is 9.96. The van der Waals surface area contributed by atoms with Crippen molar-refractivity contribution >= 4 is 21.7 Å². The molecule has 0 unspecified atom stereocenters. The average molecular weight is 396 g/mol. The number of rotatable bonds is 4. The summed E-state index contributed by atoms with van der Waals surface area (Å²) in [5, 5.41) is 0.908. The topological polar surface area (TPSA) is 68.2 Å². The van der Waals surface area contributed by atoms with Gasteiger partial charge >= 0.3 is 6.18 Å². The van der Waals surface area contributed by atoms with E-state index in [4.69, 9.17) is 0 Å². The molecule has 0 saturated heterocycles. The fourth-order valence-electron chi connectivity index (χ4n) is 2.92. The second-order valence-corrected chi connectivity index (χ2v) is 6.84. The highest BCUT2D eigenvalue weighted by atomic mass is 32.2. The Balaban J connectivity index is 2.28. The van der Waals surface area contributed by atoms with Crippen molar-refractivity contribution in [3.63, 3.8) is 0 Å². The predicted octanol–water partition coefficient (Wildman–Crippen LogP) is 2.84. The molecule has 1 aromatic heterocycles. The molecule has 0 radical (unpaired) electrons. The van der Waals surface area contributed by atoms with E-state index in [1.807, 2.05) is 0 Å². The third kappa shape index (κ3) is 4.04. The van der Waals surface area contributed by atoms with Crippen LogP contribution in [-0.2, 0) is 30.7 Å². The molecular formula is C18H15F3N2O3S. The van der Waals surface area contributed by atoms with Gasteiger partial charge in [-0.3, -0.25) is 4.79 Å². The third-order valence-corrected chi connectivity index (χ3v) is 4.55.